The van der Waals surface area contributed by atoms with Crippen LogP contribution in [0.25, 0.3) is 0 Å². The number of likely N-dealkylation sites (N-methyl/N-ethyl adjacent to an activating group) is 1. The van der Waals surface area contributed by atoms with Gasteiger partial charge in [-0.1, -0.05) is 25.3 Å². The van der Waals surface area contributed by atoms with Gasteiger partial charge in [-0.05, 0) is 70.5 Å². The smallest absolute Gasteiger partial charge is 0.183 e. The van der Waals surface area contributed by atoms with Crippen LogP contribution in [0.15, 0.2) is 12.1 Å². The number of hydrogen-bond acceptors (Lipinski definition) is 2. The van der Waals surface area contributed by atoms with Gasteiger partial charge in [0.15, 0.2) is 5.78 Å². The molecule has 0 aromatic heterocycles. The molecule has 1 aliphatic rings. The Morgan fingerprint density at radius 2 is 1.50 bits per heavy atom. The highest BCUT2D eigenvalue weighted by molar-refractivity contribution is 6.04. The maximum Gasteiger partial charge on any atom is 0.183 e. The molecule has 0 N–H and O–H groups in total. The Balaban J connectivity index is 2.45. The normalized spacial score (nSPS) is 18.3. The summed E-state index contributed by atoms with van der Waals surface area (Å²) >= 11 is 0. The largest absolute Gasteiger partial charge is 0.297 e. The van der Waals surface area contributed by atoms with Gasteiger partial charge < -0.3 is 0 Å². The lowest BCUT2D eigenvalue weighted by Gasteiger charge is -2.42. The standard InChI is InChI=1S/C18H27NO/c1-13-11-15(3)16(12-14(13)2)17(20)18(19(4)5)9-7-6-8-10-18/h11-12H,6-10H2,1-5H3. The summed E-state index contributed by atoms with van der Waals surface area (Å²) < 4.78 is 0. The Morgan fingerprint density at radius 1 is 0.950 bits per heavy atom. The molecule has 0 spiro atoms. The molecule has 0 atom stereocenters. The number of rotatable bonds is 3. The second-order valence-electron chi connectivity index (χ2n) is 6.57. The molecule has 1 aromatic carbocycles. The van der Waals surface area contributed by atoms with Crippen molar-refractivity contribution in [1.29, 1.82) is 0 Å². The topological polar surface area (TPSA) is 20.3 Å². The molecule has 1 saturated carbocycles. The van der Waals surface area contributed by atoms with E-state index >= 15 is 0 Å². The molecule has 0 heterocycles. The molecular formula is C18H27NO. The van der Waals surface area contributed by atoms with Gasteiger partial charge in [-0.2, -0.15) is 0 Å². The first kappa shape index (κ1) is 15.2. The molecule has 0 aliphatic heterocycles. The summed E-state index contributed by atoms with van der Waals surface area (Å²) in [5, 5.41) is 0. The second kappa shape index (κ2) is 5.69. The number of hydrogen-bond donors (Lipinski definition) is 0. The van der Waals surface area contributed by atoms with Crippen LogP contribution in [-0.2, 0) is 0 Å². The van der Waals surface area contributed by atoms with Crippen molar-refractivity contribution in [1.82, 2.24) is 4.90 Å². The van der Waals surface area contributed by atoms with E-state index in [0.29, 0.717) is 5.78 Å². The summed E-state index contributed by atoms with van der Waals surface area (Å²) in [6, 6.07) is 4.24. The number of carbonyl (C=O) groups excluding carboxylic acids is 1. The van der Waals surface area contributed by atoms with Crippen LogP contribution < -0.4 is 0 Å². The van der Waals surface area contributed by atoms with E-state index in [1.165, 1.54) is 17.5 Å². The first-order valence-electron chi connectivity index (χ1n) is 7.68. The molecule has 0 radical (unpaired) electrons. The Hall–Kier alpha value is -1.15. The van der Waals surface area contributed by atoms with Gasteiger partial charge in [0.2, 0.25) is 0 Å². The lowest BCUT2D eigenvalue weighted by Crippen LogP contribution is -2.52. The summed E-state index contributed by atoms with van der Waals surface area (Å²) in [5.41, 5.74) is 4.23. The van der Waals surface area contributed by atoms with E-state index in [4.69, 9.17) is 0 Å². The molecule has 1 aromatic rings. The van der Waals surface area contributed by atoms with Crippen molar-refractivity contribution in [3.8, 4) is 0 Å². The molecule has 20 heavy (non-hydrogen) atoms. The van der Waals surface area contributed by atoms with Crippen LogP contribution in [-0.4, -0.2) is 30.3 Å². The minimum atomic E-state index is -0.287. The Kier molecular flexibility index (Phi) is 4.33. The van der Waals surface area contributed by atoms with Crippen molar-refractivity contribution >= 4 is 5.78 Å². The zero-order valence-electron chi connectivity index (χ0n) is 13.5. The molecule has 0 unspecified atom stereocenters. The van der Waals surface area contributed by atoms with Gasteiger partial charge >= 0.3 is 0 Å². The van der Waals surface area contributed by atoms with Crippen molar-refractivity contribution in [2.45, 2.75) is 58.4 Å². The number of ketones is 1. The summed E-state index contributed by atoms with van der Waals surface area (Å²) in [4.78, 5) is 15.4. The summed E-state index contributed by atoms with van der Waals surface area (Å²) in [5.74, 6) is 0.322. The Bertz CT molecular complexity index is 510. The van der Waals surface area contributed by atoms with Crippen LogP contribution in [0.1, 0.15) is 59.2 Å². The predicted octanol–water partition coefficient (Wildman–Crippen LogP) is 4.06. The number of benzene rings is 1. The Labute approximate surface area is 123 Å². The number of carbonyl (C=O) groups is 1. The third-order valence-corrected chi connectivity index (χ3v) is 5.04. The van der Waals surface area contributed by atoms with E-state index in [1.807, 2.05) is 0 Å². The van der Waals surface area contributed by atoms with Crippen LogP contribution in [0.5, 0.6) is 0 Å². The fraction of sp³-hybridized carbons (Fsp3) is 0.611. The van der Waals surface area contributed by atoms with E-state index in [9.17, 15) is 4.79 Å². The SMILES string of the molecule is Cc1cc(C)c(C(=O)C2(N(C)C)CCCCC2)cc1C. The molecule has 0 saturated heterocycles. The lowest BCUT2D eigenvalue weighted by molar-refractivity contribution is 0.0563. The van der Waals surface area contributed by atoms with Crippen molar-refractivity contribution < 1.29 is 4.79 Å². The molecule has 0 bridgehead atoms. The van der Waals surface area contributed by atoms with Crippen LogP contribution in [0.2, 0.25) is 0 Å². The second-order valence-corrected chi connectivity index (χ2v) is 6.57. The minimum absolute atomic E-state index is 0.287. The zero-order chi connectivity index (χ0) is 14.9. The average molecular weight is 273 g/mol. The Morgan fingerprint density at radius 3 is 2.05 bits per heavy atom. The van der Waals surface area contributed by atoms with Crippen molar-refractivity contribution in [2.24, 2.45) is 0 Å². The maximum atomic E-state index is 13.2. The monoisotopic (exact) mass is 273 g/mol. The number of nitrogens with zero attached hydrogens (tertiary/aromatic N) is 1. The molecule has 2 rings (SSSR count). The highest BCUT2D eigenvalue weighted by Crippen LogP contribution is 2.36. The molecule has 1 fully saturated rings. The predicted molar refractivity (Wildman–Crippen MR) is 84.5 cm³/mol. The highest BCUT2D eigenvalue weighted by atomic mass is 16.1. The van der Waals surface area contributed by atoms with Gasteiger partial charge in [-0.3, -0.25) is 9.69 Å². The maximum absolute atomic E-state index is 13.2. The van der Waals surface area contributed by atoms with E-state index in [0.717, 1.165) is 36.8 Å². The van der Waals surface area contributed by atoms with Gasteiger partial charge in [0, 0.05) is 5.56 Å². The van der Waals surface area contributed by atoms with Gasteiger partial charge in [0.1, 0.15) is 0 Å². The molecule has 0 amide bonds. The van der Waals surface area contributed by atoms with Gasteiger partial charge in [-0.15, -0.1) is 0 Å². The third kappa shape index (κ3) is 2.54. The number of aryl methyl sites for hydroxylation is 3. The van der Waals surface area contributed by atoms with E-state index in [-0.39, 0.29) is 5.54 Å². The van der Waals surface area contributed by atoms with Crippen LogP contribution >= 0.6 is 0 Å². The molecule has 1 aliphatic carbocycles. The van der Waals surface area contributed by atoms with E-state index in [2.05, 4.69) is 51.9 Å². The summed E-state index contributed by atoms with van der Waals surface area (Å²) in [7, 11) is 4.11. The average Bonchev–Trinajstić information content (AvgIpc) is 2.42. The van der Waals surface area contributed by atoms with Gasteiger partial charge in [0.05, 0.1) is 5.54 Å². The first-order chi connectivity index (χ1) is 9.38. The van der Waals surface area contributed by atoms with Crippen LogP contribution in [0.4, 0.5) is 0 Å². The fourth-order valence-corrected chi connectivity index (χ4v) is 3.47. The fourth-order valence-electron chi connectivity index (χ4n) is 3.47. The highest BCUT2D eigenvalue weighted by Gasteiger charge is 2.42. The minimum Gasteiger partial charge on any atom is -0.297 e. The molecular weight excluding hydrogens is 246 g/mol. The lowest BCUT2D eigenvalue weighted by atomic mass is 9.74. The third-order valence-electron chi connectivity index (χ3n) is 5.04. The molecule has 110 valence electrons. The van der Waals surface area contributed by atoms with E-state index < -0.39 is 0 Å². The van der Waals surface area contributed by atoms with Crippen molar-refractivity contribution in [2.75, 3.05) is 14.1 Å². The van der Waals surface area contributed by atoms with Crippen molar-refractivity contribution in [3.63, 3.8) is 0 Å². The quantitative estimate of drug-likeness (QED) is 0.774. The van der Waals surface area contributed by atoms with E-state index in [1.54, 1.807) is 0 Å². The molecule has 2 heteroatoms. The van der Waals surface area contributed by atoms with Crippen molar-refractivity contribution in [3.05, 3.63) is 34.4 Å². The zero-order valence-corrected chi connectivity index (χ0v) is 13.5. The summed E-state index contributed by atoms with van der Waals surface area (Å²) in [6.07, 6.45) is 5.56. The summed E-state index contributed by atoms with van der Waals surface area (Å²) in [6.45, 7) is 6.26. The number of Topliss-reactive ketones (excluding diaryl/α,β-unsaturated/α-hetero) is 1. The van der Waals surface area contributed by atoms with Gasteiger partial charge in [-0.25, -0.2) is 0 Å². The molecule has 2 nitrogen and oxygen atoms in total. The first-order valence-corrected chi connectivity index (χ1v) is 7.68. The van der Waals surface area contributed by atoms with Crippen LogP contribution in [0.3, 0.4) is 0 Å². The van der Waals surface area contributed by atoms with Gasteiger partial charge in [0.25, 0.3) is 0 Å². The van der Waals surface area contributed by atoms with Crippen LogP contribution in [0, 0.1) is 20.8 Å².